The molecule has 4 rings (SSSR count). The number of benzene rings is 1. The number of anilines is 1. The lowest BCUT2D eigenvalue weighted by atomic mass is 9.65. The van der Waals surface area contributed by atoms with E-state index >= 15 is 0 Å². The van der Waals surface area contributed by atoms with Gasteiger partial charge in [-0.15, -0.1) is 0 Å². The van der Waals surface area contributed by atoms with Crippen molar-refractivity contribution in [2.75, 3.05) is 19.4 Å². The maximum atomic E-state index is 4.49. The van der Waals surface area contributed by atoms with Crippen LogP contribution in [0.15, 0.2) is 35.7 Å². The first-order valence-electron chi connectivity index (χ1n) is 7.83. The van der Waals surface area contributed by atoms with Crippen LogP contribution in [0.3, 0.4) is 0 Å². The normalized spacial score (nSPS) is 20.0. The van der Waals surface area contributed by atoms with Crippen LogP contribution in [0.25, 0.3) is 5.69 Å². The first kappa shape index (κ1) is 13.5. The van der Waals surface area contributed by atoms with Gasteiger partial charge in [-0.2, -0.15) is 0 Å². The van der Waals surface area contributed by atoms with E-state index in [0.717, 1.165) is 23.8 Å². The fourth-order valence-electron chi connectivity index (χ4n) is 3.67. The Morgan fingerprint density at radius 3 is 2.95 bits per heavy atom. The van der Waals surface area contributed by atoms with E-state index in [1.807, 2.05) is 20.4 Å². The summed E-state index contributed by atoms with van der Waals surface area (Å²) >= 11 is 0. The zero-order valence-electron chi connectivity index (χ0n) is 13.1. The maximum Gasteiger partial charge on any atom is 0.111 e. The van der Waals surface area contributed by atoms with Crippen molar-refractivity contribution >= 4 is 11.5 Å². The van der Waals surface area contributed by atoms with Crippen molar-refractivity contribution in [1.29, 1.82) is 0 Å². The summed E-state index contributed by atoms with van der Waals surface area (Å²) in [6, 6.07) is 6.65. The van der Waals surface area contributed by atoms with Gasteiger partial charge in [0.25, 0.3) is 0 Å². The Labute approximate surface area is 130 Å². The second kappa shape index (κ2) is 4.95. The van der Waals surface area contributed by atoms with E-state index in [9.17, 15) is 0 Å². The van der Waals surface area contributed by atoms with Crippen LogP contribution in [-0.2, 0) is 12.0 Å². The van der Waals surface area contributed by atoms with Crippen molar-refractivity contribution in [3.05, 3.63) is 42.0 Å². The van der Waals surface area contributed by atoms with E-state index in [0.29, 0.717) is 0 Å². The zero-order valence-corrected chi connectivity index (χ0v) is 13.1. The third-order valence-electron chi connectivity index (χ3n) is 4.95. The highest BCUT2D eigenvalue weighted by molar-refractivity contribution is 6.10. The summed E-state index contributed by atoms with van der Waals surface area (Å²) in [4.78, 5) is 8.91. The summed E-state index contributed by atoms with van der Waals surface area (Å²) in [5.74, 6) is 1.13. The molecule has 0 atom stereocenters. The predicted molar refractivity (Wildman–Crippen MR) is 88.8 cm³/mol. The van der Waals surface area contributed by atoms with Crippen LogP contribution < -0.4 is 10.6 Å². The smallest absolute Gasteiger partial charge is 0.111 e. The molecule has 1 aliphatic carbocycles. The minimum Gasteiger partial charge on any atom is -0.343 e. The molecule has 2 heterocycles. The average molecular weight is 295 g/mol. The van der Waals surface area contributed by atoms with Crippen LogP contribution in [0.5, 0.6) is 0 Å². The molecule has 2 N–H and O–H groups in total. The molecule has 0 bridgehead atoms. The summed E-state index contributed by atoms with van der Waals surface area (Å²) in [6.07, 6.45) is 7.64. The summed E-state index contributed by atoms with van der Waals surface area (Å²) in [7, 11) is 3.82. The number of nitrogens with zero attached hydrogens (tertiary/aromatic N) is 3. The Bertz CT molecular complexity index is 739. The number of hydrogen-bond acceptors (Lipinski definition) is 3. The molecule has 1 spiro atoms. The van der Waals surface area contributed by atoms with Crippen LogP contribution in [0.4, 0.5) is 5.69 Å². The zero-order chi connectivity index (χ0) is 15.2. The quantitative estimate of drug-likeness (QED) is 0.914. The van der Waals surface area contributed by atoms with Crippen LogP contribution in [0.2, 0.25) is 0 Å². The van der Waals surface area contributed by atoms with Crippen LogP contribution >= 0.6 is 0 Å². The molecule has 0 radical (unpaired) electrons. The van der Waals surface area contributed by atoms with E-state index in [1.165, 1.54) is 30.5 Å². The van der Waals surface area contributed by atoms with Gasteiger partial charge in [-0.25, -0.2) is 4.98 Å². The topological polar surface area (TPSA) is 54.2 Å². The molecule has 1 aliphatic heterocycles. The number of rotatable bonds is 3. The lowest BCUT2D eigenvalue weighted by Gasteiger charge is -2.38. The number of amidine groups is 1. The average Bonchev–Trinajstić information content (AvgIpc) is 3.07. The highest BCUT2D eigenvalue weighted by Crippen LogP contribution is 2.51. The molecule has 2 aliphatic rings. The number of fused-ring (bicyclic) bond motifs is 2. The Balaban J connectivity index is 1.71. The maximum absolute atomic E-state index is 4.49. The Morgan fingerprint density at radius 1 is 1.41 bits per heavy atom. The van der Waals surface area contributed by atoms with E-state index in [4.69, 9.17) is 0 Å². The van der Waals surface area contributed by atoms with Gasteiger partial charge in [0, 0.05) is 31.2 Å². The predicted octanol–water partition coefficient (Wildman–Crippen LogP) is 2.47. The van der Waals surface area contributed by atoms with E-state index in [-0.39, 0.29) is 5.41 Å². The van der Waals surface area contributed by atoms with Crippen LogP contribution in [-0.4, -0.2) is 29.5 Å². The van der Waals surface area contributed by atoms with Gasteiger partial charge in [-0.3, -0.25) is 4.99 Å². The van der Waals surface area contributed by atoms with Crippen LogP contribution in [0.1, 0.15) is 30.5 Å². The molecule has 1 aromatic heterocycles. The van der Waals surface area contributed by atoms with Gasteiger partial charge in [0.15, 0.2) is 0 Å². The number of aromatic nitrogens is 2. The van der Waals surface area contributed by atoms with Crippen molar-refractivity contribution in [2.45, 2.75) is 31.2 Å². The standard InChI is InChI=1S/C17H21N5/c1-18-9-12-10-22(11-20-12)13-4-5-14-15(8-13)21-16(19-2)17(14)6-3-7-17/h4-5,8,10-11,18H,3,6-7,9H2,1-2H3,(H,19,21). The first-order chi connectivity index (χ1) is 10.8. The molecule has 1 fully saturated rings. The number of imidazole rings is 1. The minimum absolute atomic E-state index is 0.162. The van der Waals surface area contributed by atoms with Gasteiger partial charge >= 0.3 is 0 Å². The lowest BCUT2D eigenvalue weighted by Crippen LogP contribution is -2.41. The molecule has 0 unspecified atom stereocenters. The number of hydrogen-bond donors (Lipinski definition) is 2. The van der Waals surface area contributed by atoms with Crippen molar-refractivity contribution in [3.8, 4) is 5.69 Å². The van der Waals surface area contributed by atoms with Gasteiger partial charge in [-0.1, -0.05) is 12.5 Å². The molecule has 0 amide bonds. The molecule has 5 nitrogen and oxygen atoms in total. The molecule has 114 valence electrons. The fraction of sp³-hybridized carbons (Fsp3) is 0.412. The van der Waals surface area contributed by atoms with Crippen molar-refractivity contribution in [3.63, 3.8) is 0 Å². The Kier molecular flexibility index (Phi) is 3.04. The van der Waals surface area contributed by atoms with Gasteiger partial charge < -0.3 is 15.2 Å². The molecular weight excluding hydrogens is 274 g/mol. The molecular formula is C17H21N5. The largest absolute Gasteiger partial charge is 0.343 e. The van der Waals surface area contributed by atoms with Crippen molar-refractivity contribution in [1.82, 2.24) is 14.9 Å². The second-order valence-corrected chi connectivity index (χ2v) is 6.17. The molecule has 2 aromatic rings. The molecule has 0 saturated heterocycles. The lowest BCUT2D eigenvalue weighted by molar-refractivity contribution is 0.347. The first-order valence-corrected chi connectivity index (χ1v) is 7.83. The van der Waals surface area contributed by atoms with Gasteiger partial charge in [0.2, 0.25) is 0 Å². The number of aliphatic imine (C=N–C) groups is 1. The monoisotopic (exact) mass is 295 g/mol. The van der Waals surface area contributed by atoms with Gasteiger partial charge in [0.05, 0.1) is 17.4 Å². The van der Waals surface area contributed by atoms with Crippen LogP contribution in [0, 0.1) is 0 Å². The molecule has 5 heteroatoms. The Hall–Kier alpha value is -2.14. The summed E-state index contributed by atoms with van der Waals surface area (Å²) in [6.45, 7) is 0.784. The highest BCUT2D eigenvalue weighted by Gasteiger charge is 2.48. The highest BCUT2D eigenvalue weighted by atomic mass is 15.1. The van der Waals surface area contributed by atoms with E-state index in [2.05, 4.69) is 49.6 Å². The molecule has 1 saturated carbocycles. The third kappa shape index (κ3) is 1.82. The SMILES string of the molecule is CN=C1Nc2cc(-n3cnc(CNC)c3)ccc2C12CCC2. The second-order valence-electron chi connectivity index (χ2n) is 6.17. The third-order valence-corrected chi connectivity index (χ3v) is 4.95. The van der Waals surface area contributed by atoms with Gasteiger partial charge in [0.1, 0.15) is 5.84 Å². The van der Waals surface area contributed by atoms with E-state index < -0.39 is 0 Å². The Morgan fingerprint density at radius 2 is 2.27 bits per heavy atom. The summed E-state index contributed by atoms with van der Waals surface area (Å²) < 4.78 is 2.07. The molecule has 1 aromatic carbocycles. The minimum atomic E-state index is 0.162. The van der Waals surface area contributed by atoms with Gasteiger partial charge in [-0.05, 0) is 37.6 Å². The van der Waals surface area contributed by atoms with E-state index in [1.54, 1.807) is 0 Å². The summed E-state index contributed by atoms with van der Waals surface area (Å²) in [5.41, 5.74) is 4.94. The van der Waals surface area contributed by atoms with Crippen molar-refractivity contribution < 1.29 is 0 Å². The van der Waals surface area contributed by atoms with Crippen molar-refractivity contribution in [2.24, 2.45) is 4.99 Å². The molecule has 22 heavy (non-hydrogen) atoms. The fourth-order valence-corrected chi connectivity index (χ4v) is 3.67. The number of nitrogens with one attached hydrogen (secondary N) is 2. The summed E-state index contributed by atoms with van der Waals surface area (Å²) in [5, 5.41) is 6.65.